The molecule has 0 spiro atoms. The molecule has 158 valence electrons. The number of piperidine rings is 1. The van der Waals surface area contributed by atoms with Crippen LogP contribution < -0.4 is 20.7 Å². The number of nitrogens with zero attached hydrogens (tertiary/aromatic N) is 2. The minimum Gasteiger partial charge on any atom is -0.456 e. The Kier molecular flexibility index (Phi) is 6.38. The molecular weight excluding hydrogens is 372 g/mol. The smallest absolute Gasteiger partial charge is 0.142 e. The maximum absolute atomic E-state index is 6.51. The van der Waals surface area contributed by atoms with Crippen LogP contribution in [-0.2, 0) is 6.42 Å². The van der Waals surface area contributed by atoms with Crippen LogP contribution in [0.2, 0.25) is 0 Å². The van der Waals surface area contributed by atoms with E-state index >= 15 is 0 Å². The van der Waals surface area contributed by atoms with Gasteiger partial charge >= 0.3 is 0 Å². The summed E-state index contributed by atoms with van der Waals surface area (Å²) in [6, 6.07) is 15.2. The number of nitrogens with one attached hydrogen (secondary N) is 1. The van der Waals surface area contributed by atoms with Crippen molar-refractivity contribution >= 4 is 11.4 Å². The van der Waals surface area contributed by atoms with Crippen LogP contribution >= 0.6 is 0 Å². The summed E-state index contributed by atoms with van der Waals surface area (Å²) in [7, 11) is 2.17. The zero-order valence-corrected chi connectivity index (χ0v) is 18.0. The number of anilines is 1. The van der Waals surface area contributed by atoms with E-state index in [1.807, 2.05) is 36.4 Å². The van der Waals surface area contributed by atoms with Crippen molar-refractivity contribution in [2.75, 3.05) is 25.0 Å². The van der Waals surface area contributed by atoms with Gasteiger partial charge in [0.15, 0.2) is 0 Å². The summed E-state index contributed by atoms with van der Waals surface area (Å²) in [4.78, 5) is 7.45. The highest BCUT2D eigenvalue weighted by Gasteiger charge is 2.26. The van der Waals surface area contributed by atoms with Crippen LogP contribution in [0.3, 0.4) is 0 Å². The number of ether oxygens (including phenoxy) is 1. The lowest BCUT2D eigenvalue weighted by atomic mass is 9.92. The van der Waals surface area contributed by atoms with Crippen molar-refractivity contribution < 1.29 is 4.74 Å². The molecule has 2 heterocycles. The number of para-hydroxylation sites is 1. The molecule has 0 amide bonds. The normalized spacial score (nSPS) is 20.4. The molecule has 4 rings (SSSR count). The summed E-state index contributed by atoms with van der Waals surface area (Å²) in [6.07, 6.45) is 7.68. The van der Waals surface area contributed by atoms with E-state index in [0.717, 1.165) is 61.5 Å². The predicted octanol–water partition coefficient (Wildman–Crippen LogP) is 4.26. The second kappa shape index (κ2) is 9.35. The first-order valence-corrected chi connectivity index (χ1v) is 11.0. The highest BCUT2D eigenvalue weighted by atomic mass is 16.5. The summed E-state index contributed by atoms with van der Waals surface area (Å²) >= 11 is 0. The van der Waals surface area contributed by atoms with Crippen molar-refractivity contribution in [3.8, 4) is 11.5 Å². The number of nitrogens with two attached hydrogens (primary N) is 1. The van der Waals surface area contributed by atoms with Gasteiger partial charge < -0.3 is 20.7 Å². The second-order valence-corrected chi connectivity index (χ2v) is 8.21. The van der Waals surface area contributed by atoms with Crippen LogP contribution in [-0.4, -0.2) is 37.9 Å². The first kappa shape index (κ1) is 20.5. The summed E-state index contributed by atoms with van der Waals surface area (Å²) in [5, 5.41) is 3.41. The molecule has 0 radical (unpaired) electrons. The number of fused-ring (bicyclic) bond motifs is 1. The topological polar surface area (TPSA) is 62.9 Å². The molecule has 2 aliphatic rings. The molecule has 5 heteroatoms. The van der Waals surface area contributed by atoms with Gasteiger partial charge in [-0.05, 0) is 82.2 Å². The number of hydrogen-bond acceptors (Lipinski definition) is 5. The van der Waals surface area contributed by atoms with E-state index in [-0.39, 0.29) is 0 Å². The monoisotopic (exact) mass is 404 g/mol. The fraction of sp³-hybridized carbons (Fsp3) is 0.400. The summed E-state index contributed by atoms with van der Waals surface area (Å²) in [5.41, 5.74) is 10.2. The third-order valence-corrected chi connectivity index (χ3v) is 6.21. The molecule has 1 fully saturated rings. The third-order valence-electron chi connectivity index (χ3n) is 6.21. The molecule has 0 aromatic heterocycles. The molecule has 2 aliphatic heterocycles. The molecule has 5 nitrogen and oxygen atoms in total. The van der Waals surface area contributed by atoms with E-state index in [9.17, 15) is 0 Å². The maximum atomic E-state index is 6.51. The summed E-state index contributed by atoms with van der Waals surface area (Å²) in [6.45, 7) is 4.29. The molecule has 30 heavy (non-hydrogen) atoms. The lowest BCUT2D eigenvalue weighted by Gasteiger charge is -2.35. The first-order valence-electron chi connectivity index (χ1n) is 11.0. The Balaban J connectivity index is 1.82. The van der Waals surface area contributed by atoms with Gasteiger partial charge in [0.2, 0.25) is 0 Å². The lowest BCUT2D eigenvalue weighted by molar-refractivity contribution is 0.458. The van der Waals surface area contributed by atoms with Gasteiger partial charge in [0.25, 0.3) is 0 Å². The SMILES string of the molecule is CC1CCc2c(ccc(C(C=CN)=NC3CCNCC3)c2Oc2ccccc2)N1C. The minimum absolute atomic E-state index is 0.306. The molecule has 1 atom stereocenters. The highest BCUT2D eigenvalue weighted by Crippen LogP contribution is 2.40. The number of aliphatic imine (C=N–C) groups is 1. The van der Waals surface area contributed by atoms with Gasteiger partial charge in [0, 0.05) is 29.9 Å². The average Bonchev–Trinajstić information content (AvgIpc) is 2.78. The van der Waals surface area contributed by atoms with Gasteiger partial charge in [-0.2, -0.15) is 0 Å². The number of benzene rings is 2. The Morgan fingerprint density at radius 1 is 1.13 bits per heavy atom. The van der Waals surface area contributed by atoms with Crippen molar-refractivity contribution in [3.05, 3.63) is 65.9 Å². The molecule has 0 saturated carbocycles. The van der Waals surface area contributed by atoms with Crippen LogP contribution in [0, 0.1) is 0 Å². The van der Waals surface area contributed by atoms with Gasteiger partial charge in [-0.1, -0.05) is 18.2 Å². The van der Waals surface area contributed by atoms with Gasteiger partial charge in [-0.15, -0.1) is 0 Å². The Bertz CT molecular complexity index is 916. The van der Waals surface area contributed by atoms with Gasteiger partial charge in [0.1, 0.15) is 11.5 Å². The average molecular weight is 405 g/mol. The van der Waals surface area contributed by atoms with E-state index in [1.165, 1.54) is 11.3 Å². The Hall–Kier alpha value is -2.79. The lowest BCUT2D eigenvalue weighted by Crippen LogP contribution is -2.34. The fourth-order valence-corrected chi connectivity index (χ4v) is 4.32. The van der Waals surface area contributed by atoms with Crippen molar-refractivity contribution in [2.24, 2.45) is 10.7 Å². The van der Waals surface area contributed by atoms with Gasteiger partial charge in [-0.3, -0.25) is 4.99 Å². The van der Waals surface area contributed by atoms with E-state index in [2.05, 4.69) is 36.3 Å². The van der Waals surface area contributed by atoms with Gasteiger partial charge in [-0.25, -0.2) is 0 Å². The minimum atomic E-state index is 0.306. The standard InChI is InChI=1S/C25H32N4O/c1-18-8-9-22-24(29(18)2)11-10-21(25(22)30-20-6-4-3-5-7-20)23(12-15-26)28-19-13-16-27-17-14-19/h3-7,10-12,15,18-19,27H,8-9,13-14,16-17,26H2,1-2H3. The van der Waals surface area contributed by atoms with E-state index in [0.29, 0.717) is 12.1 Å². The van der Waals surface area contributed by atoms with E-state index < -0.39 is 0 Å². The van der Waals surface area contributed by atoms with Crippen molar-refractivity contribution in [2.45, 2.75) is 44.7 Å². The predicted molar refractivity (Wildman–Crippen MR) is 125 cm³/mol. The third kappa shape index (κ3) is 4.36. The quantitative estimate of drug-likeness (QED) is 0.731. The van der Waals surface area contributed by atoms with Crippen LogP contribution in [0.4, 0.5) is 5.69 Å². The van der Waals surface area contributed by atoms with E-state index in [4.69, 9.17) is 15.5 Å². The largest absolute Gasteiger partial charge is 0.456 e. The molecule has 0 bridgehead atoms. The van der Waals surface area contributed by atoms with Crippen LogP contribution in [0.15, 0.2) is 59.7 Å². The summed E-state index contributed by atoms with van der Waals surface area (Å²) in [5.74, 6) is 1.75. The zero-order valence-electron chi connectivity index (χ0n) is 18.0. The second-order valence-electron chi connectivity index (χ2n) is 8.21. The van der Waals surface area contributed by atoms with E-state index in [1.54, 1.807) is 6.20 Å². The zero-order chi connectivity index (χ0) is 20.9. The summed E-state index contributed by atoms with van der Waals surface area (Å²) < 4.78 is 6.51. The number of rotatable bonds is 5. The molecule has 2 aromatic rings. The fourth-order valence-electron chi connectivity index (χ4n) is 4.32. The molecule has 1 unspecified atom stereocenters. The van der Waals surface area contributed by atoms with Crippen molar-refractivity contribution in [3.63, 3.8) is 0 Å². The first-order chi connectivity index (χ1) is 14.7. The molecule has 3 N–H and O–H groups in total. The molecular formula is C25H32N4O. The Morgan fingerprint density at radius 2 is 1.90 bits per heavy atom. The van der Waals surface area contributed by atoms with Gasteiger partial charge in [0.05, 0.1) is 11.8 Å². The van der Waals surface area contributed by atoms with Crippen LogP contribution in [0.5, 0.6) is 11.5 Å². The van der Waals surface area contributed by atoms with Crippen LogP contribution in [0.25, 0.3) is 0 Å². The number of allylic oxidation sites excluding steroid dienone is 1. The Morgan fingerprint density at radius 3 is 2.63 bits per heavy atom. The molecule has 0 aliphatic carbocycles. The van der Waals surface area contributed by atoms with Crippen LogP contribution in [0.1, 0.15) is 37.3 Å². The highest BCUT2D eigenvalue weighted by molar-refractivity contribution is 6.11. The van der Waals surface area contributed by atoms with Crippen molar-refractivity contribution in [1.29, 1.82) is 0 Å². The molecule has 2 aromatic carbocycles. The maximum Gasteiger partial charge on any atom is 0.142 e. The van der Waals surface area contributed by atoms with Crippen molar-refractivity contribution in [1.82, 2.24) is 5.32 Å². The number of hydrogen-bond donors (Lipinski definition) is 2. The Labute approximate surface area is 179 Å². The molecule has 1 saturated heterocycles.